The second-order valence-electron chi connectivity index (χ2n) is 6.98. The number of pyridine rings is 1. The van der Waals surface area contributed by atoms with E-state index in [9.17, 15) is 18.0 Å². The first-order valence-corrected chi connectivity index (χ1v) is 9.76. The first-order chi connectivity index (χ1) is 14.9. The standard InChI is InChI=1S/C22H22F3N5O/c1-14(31)28-13-15-4-5-18(24)17(11-15)20-6-7-22(30-29-20)27-10-8-16(23)12-21-19(25)3-2-9-26-21/h2-7,9,11,16H,8,10,12-13H2,1H3,(H,27,30)(H,28,31)/t16-/m0/s1. The molecule has 6 nitrogen and oxygen atoms in total. The number of halogens is 3. The maximum absolute atomic E-state index is 14.2. The van der Waals surface area contributed by atoms with Crippen molar-refractivity contribution in [3.8, 4) is 11.3 Å². The molecule has 0 saturated carbocycles. The molecule has 0 saturated heterocycles. The predicted octanol–water partition coefficient (Wildman–Crippen LogP) is 3.84. The highest BCUT2D eigenvalue weighted by atomic mass is 19.1. The molecule has 0 fully saturated rings. The number of rotatable bonds is 9. The third-order valence-electron chi connectivity index (χ3n) is 4.53. The zero-order chi connectivity index (χ0) is 22.2. The molecule has 1 atom stereocenters. The number of anilines is 1. The van der Waals surface area contributed by atoms with Crippen LogP contribution in [0.5, 0.6) is 0 Å². The minimum absolute atomic E-state index is 0.0990. The van der Waals surface area contributed by atoms with Crippen molar-refractivity contribution in [3.05, 3.63) is 71.6 Å². The summed E-state index contributed by atoms with van der Waals surface area (Å²) in [5, 5.41) is 13.6. The predicted molar refractivity (Wildman–Crippen MR) is 111 cm³/mol. The molecular formula is C22H22F3N5O. The SMILES string of the molecule is CC(=O)NCc1ccc(F)c(-c2ccc(NCC[C@H](F)Cc3ncccc3F)nn2)c1. The third kappa shape index (κ3) is 6.50. The maximum Gasteiger partial charge on any atom is 0.217 e. The fourth-order valence-electron chi connectivity index (χ4n) is 2.91. The summed E-state index contributed by atoms with van der Waals surface area (Å²) in [7, 11) is 0. The van der Waals surface area contributed by atoms with E-state index >= 15 is 0 Å². The maximum atomic E-state index is 14.2. The van der Waals surface area contributed by atoms with Crippen molar-refractivity contribution < 1.29 is 18.0 Å². The van der Waals surface area contributed by atoms with E-state index in [2.05, 4.69) is 25.8 Å². The number of carbonyl (C=O) groups excluding carboxylic acids is 1. The van der Waals surface area contributed by atoms with E-state index in [1.165, 1.54) is 31.3 Å². The van der Waals surface area contributed by atoms with Crippen LogP contribution in [0.2, 0.25) is 0 Å². The molecule has 31 heavy (non-hydrogen) atoms. The molecule has 3 rings (SSSR count). The van der Waals surface area contributed by atoms with Crippen molar-refractivity contribution in [3.63, 3.8) is 0 Å². The van der Waals surface area contributed by atoms with Crippen molar-refractivity contribution in [2.45, 2.75) is 32.5 Å². The highest BCUT2D eigenvalue weighted by molar-refractivity contribution is 5.73. The fourth-order valence-corrected chi connectivity index (χ4v) is 2.91. The first-order valence-electron chi connectivity index (χ1n) is 9.76. The number of amides is 1. The minimum Gasteiger partial charge on any atom is -0.368 e. The van der Waals surface area contributed by atoms with E-state index in [4.69, 9.17) is 0 Å². The average molecular weight is 429 g/mol. The van der Waals surface area contributed by atoms with Gasteiger partial charge in [-0.25, -0.2) is 13.2 Å². The Morgan fingerprint density at radius 1 is 1.10 bits per heavy atom. The van der Waals surface area contributed by atoms with E-state index in [0.717, 1.165) is 5.56 Å². The summed E-state index contributed by atoms with van der Waals surface area (Å²) in [4.78, 5) is 14.9. The molecule has 0 aliphatic carbocycles. The number of nitrogens with zero attached hydrogens (tertiary/aromatic N) is 3. The molecule has 1 amide bonds. The summed E-state index contributed by atoms with van der Waals surface area (Å²) >= 11 is 0. The smallest absolute Gasteiger partial charge is 0.217 e. The van der Waals surface area contributed by atoms with Crippen LogP contribution in [0.3, 0.4) is 0 Å². The number of carbonyl (C=O) groups is 1. The monoisotopic (exact) mass is 429 g/mol. The molecule has 9 heteroatoms. The Bertz CT molecular complexity index is 1030. The summed E-state index contributed by atoms with van der Waals surface area (Å²) in [6.07, 6.45) is 0.204. The van der Waals surface area contributed by atoms with Gasteiger partial charge in [-0.1, -0.05) is 6.07 Å². The van der Waals surface area contributed by atoms with Gasteiger partial charge >= 0.3 is 0 Å². The first kappa shape index (κ1) is 22.2. The third-order valence-corrected chi connectivity index (χ3v) is 4.53. The summed E-state index contributed by atoms with van der Waals surface area (Å²) < 4.78 is 41.8. The van der Waals surface area contributed by atoms with Crippen LogP contribution in [0.1, 0.15) is 24.6 Å². The lowest BCUT2D eigenvalue weighted by atomic mass is 10.1. The van der Waals surface area contributed by atoms with Gasteiger partial charge in [-0.2, -0.15) is 0 Å². The van der Waals surface area contributed by atoms with Crippen LogP contribution in [0, 0.1) is 11.6 Å². The molecule has 1 aromatic carbocycles. The highest BCUT2D eigenvalue weighted by Crippen LogP contribution is 2.22. The highest BCUT2D eigenvalue weighted by Gasteiger charge is 2.13. The van der Waals surface area contributed by atoms with E-state index < -0.39 is 17.8 Å². The molecule has 162 valence electrons. The van der Waals surface area contributed by atoms with Gasteiger partial charge in [-0.05, 0) is 48.4 Å². The Balaban J connectivity index is 1.55. The zero-order valence-corrected chi connectivity index (χ0v) is 16.9. The topological polar surface area (TPSA) is 79.8 Å². The van der Waals surface area contributed by atoms with Crippen LogP contribution in [-0.4, -0.2) is 33.8 Å². The van der Waals surface area contributed by atoms with Gasteiger partial charge in [0, 0.05) is 38.2 Å². The molecule has 0 aliphatic heterocycles. The Hall–Kier alpha value is -3.49. The van der Waals surface area contributed by atoms with Gasteiger partial charge in [0.05, 0.1) is 11.4 Å². The van der Waals surface area contributed by atoms with Gasteiger partial charge in [0.2, 0.25) is 5.91 Å². The quantitative estimate of drug-likeness (QED) is 0.540. The molecule has 2 aromatic heterocycles. The fraction of sp³-hybridized carbons (Fsp3) is 0.273. The zero-order valence-electron chi connectivity index (χ0n) is 16.9. The number of hydrogen-bond acceptors (Lipinski definition) is 5. The molecule has 0 spiro atoms. The normalized spacial score (nSPS) is 11.7. The summed E-state index contributed by atoms with van der Waals surface area (Å²) in [5.74, 6) is -0.742. The Kier molecular flexibility index (Phi) is 7.53. The summed E-state index contributed by atoms with van der Waals surface area (Å²) in [5.41, 5.74) is 1.43. The molecule has 0 aliphatic rings. The Labute approximate surface area is 177 Å². The molecule has 0 bridgehead atoms. The number of hydrogen-bond donors (Lipinski definition) is 2. The van der Waals surface area contributed by atoms with Crippen LogP contribution in [0.15, 0.2) is 48.7 Å². The second kappa shape index (κ2) is 10.5. The summed E-state index contributed by atoms with van der Waals surface area (Å²) in [6.45, 7) is 1.95. The number of alkyl halides is 1. The molecular weight excluding hydrogens is 407 g/mol. The lowest BCUT2D eigenvalue weighted by Crippen LogP contribution is -2.18. The van der Waals surface area contributed by atoms with Crippen LogP contribution >= 0.6 is 0 Å². The minimum atomic E-state index is -1.26. The van der Waals surface area contributed by atoms with Crippen molar-refractivity contribution in [1.82, 2.24) is 20.5 Å². The van der Waals surface area contributed by atoms with Gasteiger partial charge in [0.25, 0.3) is 0 Å². The van der Waals surface area contributed by atoms with E-state index in [1.54, 1.807) is 24.3 Å². The van der Waals surface area contributed by atoms with Crippen LogP contribution in [0.25, 0.3) is 11.3 Å². The number of nitrogens with one attached hydrogen (secondary N) is 2. The van der Waals surface area contributed by atoms with Gasteiger partial charge in [-0.15, -0.1) is 10.2 Å². The molecule has 0 radical (unpaired) electrons. The van der Waals surface area contributed by atoms with Crippen LogP contribution in [0.4, 0.5) is 19.0 Å². The van der Waals surface area contributed by atoms with Crippen molar-refractivity contribution in [2.24, 2.45) is 0 Å². The van der Waals surface area contributed by atoms with Crippen LogP contribution in [-0.2, 0) is 17.8 Å². The average Bonchev–Trinajstić information content (AvgIpc) is 2.75. The lowest BCUT2D eigenvalue weighted by Gasteiger charge is -2.10. The molecule has 0 unspecified atom stereocenters. The number of benzene rings is 1. The van der Waals surface area contributed by atoms with Gasteiger partial charge < -0.3 is 10.6 Å². The second-order valence-corrected chi connectivity index (χ2v) is 6.98. The molecule has 3 aromatic rings. The Morgan fingerprint density at radius 2 is 1.94 bits per heavy atom. The molecule has 2 heterocycles. The van der Waals surface area contributed by atoms with Crippen molar-refractivity contribution in [1.29, 1.82) is 0 Å². The largest absolute Gasteiger partial charge is 0.368 e. The van der Waals surface area contributed by atoms with Gasteiger partial charge in [0.1, 0.15) is 23.6 Å². The summed E-state index contributed by atoms with van der Waals surface area (Å²) in [6, 6.07) is 10.4. The van der Waals surface area contributed by atoms with Gasteiger partial charge in [0.15, 0.2) is 0 Å². The van der Waals surface area contributed by atoms with E-state index in [-0.39, 0.29) is 43.1 Å². The van der Waals surface area contributed by atoms with E-state index in [0.29, 0.717) is 11.5 Å². The van der Waals surface area contributed by atoms with Crippen LogP contribution < -0.4 is 10.6 Å². The lowest BCUT2D eigenvalue weighted by molar-refractivity contribution is -0.119. The Morgan fingerprint density at radius 3 is 2.65 bits per heavy atom. The number of aromatic nitrogens is 3. The molecule has 2 N–H and O–H groups in total. The van der Waals surface area contributed by atoms with E-state index in [1.807, 2.05) is 0 Å². The van der Waals surface area contributed by atoms with Crippen molar-refractivity contribution >= 4 is 11.7 Å². The van der Waals surface area contributed by atoms with Crippen molar-refractivity contribution in [2.75, 3.05) is 11.9 Å². The van der Waals surface area contributed by atoms with Gasteiger partial charge in [-0.3, -0.25) is 9.78 Å².